The van der Waals surface area contributed by atoms with E-state index in [1.165, 1.54) is 0 Å². The van der Waals surface area contributed by atoms with Gasteiger partial charge in [0, 0.05) is 7.11 Å². The van der Waals surface area contributed by atoms with Crippen molar-refractivity contribution in [2.45, 2.75) is 43.1 Å². The Morgan fingerprint density at radius 1 is 0.636 bits per heavy atom. The summed E-state index contributed by atoms with van der Waals surface area (Å²) in [7, 11) is -10.9. The molecule has 0 saturated heterocycles. The summed E-state index contributed by atoms with van der Waals surface area (Å²) in [5.41, 5.74) is -11.2. The molecule has 0 rings (SSSR count). The zero-order valence-corrected chi connectivity index (χ0v) is 13.6. The highest BCUT2D eigenvalue weighted by atomic mass is 28.4. The molecule has 0 fully saturated rings. The van der Waals surface area contributed by atoms with E-state index in [-0.39, 0.29) is 19.6 Å². The molecule has 22 heavy (non-hydrogen) atoms. The van der Waals surface area contributed by atoms with Crippen LogP contribution in [-0.4, -0.2) is 47.4 Å². The molecule has 1 atom stereocenters. The summed E-state index contributed by atoms with van der Waals surface area (Å²) in [6.45, 7) is 0.468. The molecule has 14 heteroatoms. The molecule has 0 aliphatic heterocycles. The third-order valence-corrected chi connectivity index (χ3v) is 10.5. The average molecular weight is 386 g/mol. The van der Waals surface area contributed by atoms with Crippen molar-refractivity contribution in [3.05, 3.63) is 0 Å². The first-order chi connectivity index (χ1) is 9.27. The summed E-state index contributed by atoms with van der Waals surface area (Å²) >= 11 is 0. The van der Waals surface area contributed by atoms with Crippen molar-refractivity contribution >= 4 is 16.9 Å². The van der Waals surface area contributed by atoms with Crippen LogP contribution in [0.3, 0.4) is 0 Å². The molecule has 0 aromatic rings. The van der Waals surface area contributed by atoms with Crippen LogP contribution in [-0.2, 0) is 8.54 Å². The molecule has 0 aliphatic rings. The molecule has 0 aromatic heterocycles. The molecule has 0 bridgehead atoms. The largest absolute Gasteiger partial charge is 0.455 e. The second-order valence-corrected chi connectivity index (χ2v) is 12.3. The molecule has 0 radical (unpaired) electrons. The van der Waals surface area contributed by atoms with E-state index >= 15 is 0 Å². The topological polar surface area (TPSA) is 18.5 Å². The maximum absolute atomic E-state index is 13.4. The maximum atomic E-state index is 13.4. The van der Waals surface area contributed by atoms with E-state index in [9.17, 15) is 43.9 Å². The Bertz CT molecular complexity index is 405. The molecule has 0 saturated carbocycles. The van der Waals surface area contributed by atoms with Crippen LogP contribution in [0.5, 0.6) is 0 Å². The van der Waals surface area contributed by atoms with Gasteiger partial charge in [-0.1, -0.05) is 0 Å². The monoisotopic (exact) mass is 386 g/mol. The van der Waals surface area contributed by atoms with Gasteiger partial charge in [-0.05, 0) is 19.6 Å². The number of halogens is 10. The summed E-state index contributed by atoms with van der Waals surface area (Å²) in [4.78, 5) is 0. The predicted octanol–water partition coefficient (Wildman–Crippen LogP) is 4.40. The number of alkyl halides is 10. The molecule has 0 heterocycles. The number of rotatable bonds is 5. The van der Waals surface area contributed by atoms with Gasteiger partial charge in [0.05, 0.1) is 0 Å². The number of hydrogen-bond donors (Lipinski definition) is 0. The van der Waals surface area contributed by atoms with Crippen LogP contribution in [0.15, 0.2) is 0 Å². The van der Waals surface area contributed by atoms with E-state index in [1.807, 2.05) is 0 Å². The zero-order valence-electron chi connectivity index (χ0n) is 11.6. The Morgan fingerprint density at radius 2 is 0.955 bits per heavy atom. The summed E-state index contributed by atoms with van der Waals surface area (Å²) in [6.07, 6.45) is -12.4. The lowest BCUT2D eigenvalue weighted by Gasteiger charge is -2.42. The number of hydrogen-bond acceptors (Lipinski definition) is 2. The van der Waals surface area contributed by atoms with Crippen molar-refractivity contribution < 1.29 is 52.4 Å². The van der Waals surface area contributed by atoms with Crippen LogP contribution in [0.2, 0.25) is 19.6 Å². The third-order valence-electron chi connectivity index (χ3n) is 2.88. The predicted molar refractivity (Wildman–Crippen MR) is 59.2 cm³/mol. The van der Waals surface area contributed by atoms with Crippen LogP contribution in [0.25, 0.3) is 0 Å². The van der Waals surface area contributed by atoms with E-state index in [0.717, 1.165) is 0 Å². The van der Waals surface area contributed by atoms with Gasteiger partial charge >= 0.3 is 32.0 Å². The minimum Gasteiger partial charge on any atom is -0.427 e. The highest BCUT2D eigenvalue weighted by Crippen LogP contribution is 2.48. The normalized spacial score (nSPS) is 18.3. The molecule has 134 valence electrons. The van der Waals surface area contributed by atoms with E-state index in [1.54, 1.807) is 0 Å². The highest BCUT2D eigenvalue weighted by molar-refractivity contribution is 6.85. The molecule has 2 nitrogen and oxygen atoms in total. The first-order valence-electron chi connectivity index (χ1n) is 5.41. The second-order valence-electron chi connectivity index (χ2n) is 4.91. The SMILES string of the molecule is CO[Si](C)(O[Si](C)(C)C(F)(F)C(F)(F)F)C(F)(F)C(F)(F)F. The van der Waals surface area contributed by atoms with Gasteiger partial charge in [-0.2, -0.15) is 43.9 Å². The third kappa shape index (κ3) is 3.43. The molecule has 0 amide bonds. The van der Waals surface area contributed by atoms with Crippen molar-refractivity contribution in [2.24, 2.45) is 0 Å². The highest BCUT2D eigenvalue weighted by Gasteiger charge is 2.77. The van der Waals surface area contributed by atoms with Gasteiger partial charge in [-0.3, -0.25) is 0 Å². The molecule has 0 aliphatic carbocycles. The molecular formula is C8H12F10O2Si2. The summed E-state index contributed by atoms with van der Waals surface area (Å²) in [5.74, 6) is 0. The molecule has 0 aromatic carbocycles. The van der Waals surface area contributed by atoms with Crippen molar-refractivity contribution in [3.8, 4) is 0 Å². The molecule has 1 unspecified atom stereocenters. The standard InChI is InChI=1S/C8H12F10O2Si2/c1-19-22(4,8(17,18)6(12,13)14)20-21(2,3)7(15,16)5(9,10)11/h1-4H3. The first-order valence-corrected chi connectivity index (χ1v) is 10.6. The van der Waals surface area contributed by atoms with Crippen LogP contribution >= 0.6 is 0 Å². The zero-order chi connectivity index (χ0) is 18.4. The van der Waals surface area contributed by atoms with Crippen LogP contribution in [0.1, 0.15) is 0 Å². The van der Waals surface area contributed by atoms with Gasteiger partial charge in [0.1, 0.15) is 0 Å². The van der Waals surface area contributed by atoms with Crippen molar-refractivity contribution in [1.82, 2.24) is 0 Å². The van der Waals surface area contributed by atoms with Gasteiger partial charge < -0.3 is 8.54 Å². The summed E-state index contributed by atoms with van der Waals surface area (Å²) in [5, 5.41) is 0. The smallest absolute Gasteiger partial charge is 0.427 e. The lowest BCUT2D eigenvalue weighted by atomic mass is 10.7. The van der Waals surface area contributed by atoms with E-state index < -0.39 is 40.3 Å². The second kappa shape index (κ2) is 5.63. The summed E-state index contributed by atoms with van der Waals surface area (Å²) in [6, 6.07) is 0. The fourth-order valence-electron chi connectivity index (χ4n) is 1.38. The Labute approximate surface area is 120 Å². The Balaban J connectivity index is 5.85. The van der Waals surface area contributed by atoms with Gasteiger partial charge in [-0.15, -0.1) is 0 Å². The van der Waals surface area contributed by atoms with Gasteiger partial charge in [0.25, 0.3) is 8.32 Å². The molecule has 0 N–H and O–H groups in total. The molecular weight excluding hydrogens is 374 g/mol. The van der Waals surface area contributed by atoms with Crippen molar-refractivity contribution in [3.63, 3.8) is 0 Å². The van der Waals surface area contributed by atoms with Crippen molar-refractivity contribution in [1.29, 1.82) is 0 Å². The van der Waals surface area contributed by atoms with Crippen LogP contribution in [0, 0.1) is 0 Å². The summed E-state index contributed by atoms with van der Waals surface area (Å²) < 4.78 is 135. The van der Waals surface area contributed by atoms with Crippen molar-refractivity contribution in [2.75, 3.05) is 7.11 Å². The Kier molecular flexibility index (Phi) is 5.54. The average Bonchev–Trinajstić information content (AvgIpc) is 2.24. The quantitative estimate of drug-likeness (QED) is 0.515. The first kappa shape index (κ1) is 21.7. The molecule has 0 spiro atoms. The van der Waals surface area contributed by atoms with E-state index in [0.29, 0.717) is 7.11 Å². The van der Waals surface area contributed by atoms with E-state index in [4.69, 9.17) is 0 Å². The van der Waals surface area contributed by atoms with Crippen LogP contribution in [0.4, 0.5) is 43.9 Å². The Hall–Kier alpha value is -0.346. The Morgan fingerprint density at radius 3 is 1.18 bits per heavy atom. The van der Waals surface area contributed by atoms with Gasteiger partial charge in [0.15, 0.2) is 0 Å². The lowest BCUT2D eigenvalue weighted by Crippen LogP contribution is -2.70. The minimum absolute atomic E-state index is 0.0850. The van der Waals surface area contributed by atoms with Crippen LogP contribution < -0.4 is 0 Å². The van der Waals surface area contributed by atoms with E-state index in [2.05, 4.69) is 8.54 Å². The van der Waals surface area contributed by atoms with Gasteiger partial charge in [0.2, 0.25) is 0 Å². The van der Waals surface area contributed by atoms with Gasteiger partial charge in [-0.25, -0.2) is 0 Å². The fraction of sp³-hybridized carbons (Fsp3) is 1.00. The fourth-order valence-corrected chi connectivity index (χ4v) is 8.09. The maximum Gasteiger partial charge on any atom is 0.455 e. The minimum atomic E-state index is -6.22. The lowest BCUT2D eigenvalue weighted by molar-refractivity contribution is -0.261.